The van der Waals surface area contributed by atoms with E-state index in [1.807, 2.05) is 12.1 Å². The minimum absolute atomic E-state index is 0.0258. The van der Waals surface area contributed by atoms with Crippen molar-refractivity contribution in [1.82, 2.24) is 4.98 Å². The highest BCUT2D eigenvalue weighted by molar-refractivity contribution is 9.10. The van der Waals surface area contributed by atoms with Gasteiger partial charge in [-0.15, -0.1) is 0 Å². The van der Waals surface area contributed by atoms with E-state index in [1.54, 1.807) is 0 Å². The number of rotatable bonds is 2. The Kier molecular flexibility index (Phi) is 3.97. The SMILES string of the molecule is CC(=O)/C(=C(/C)O)c1nc2cc(C(C)(C)C)cc(Br)c2o1. The standard InChI is InChI=1S/C16H18BrNO3/c1-8(19)13(9(2)20)15-18-12-7-10(16(3,4)5)6-11(17)14(12)21-15/h6-7,19H,1-5H3/b13-8+. The molecule has 0 aliphatic heterocycles. The van der Waals surface area contributed by atoms with Gasteiger partial charge in [-0.05, 0) is 52.9 Å². The van der Waals surface area contributed by atoms with Crippen molar-refractivity contribution in [3.05, 3.63) is 33.8 Å². The second kappa shape index (κ2) is 5.30. The maximum atomic E-state index is 11.6. The molecule has 0 fully saturated rings. The molecular weight excluding hydrogens is 334 g/mol. The number of fused-ring (bicyclic) bond motifs is 1. The molecule has 4 nitrogen and oxygen atoms in total. The number of aliphatic hydroxyl groups is 1. The van der Waals surface area contributed by atoms with Crippen LogP contribution in [0.15, 0.2) is 26.8 Å². The van der Waals surface area contributed by atoms with E-state index in [4.69, 9.17) is 4.42 Å². The summed E-state index contributed by atoms with van der Waals surface area (Å²) in [5.74, 6) is -0.237. The molecule has 0 aliphatic rings. The number of hydrogen-bond acceptors (Lipinski definition) is 4. The van der Waals surface area contributed by atoms with E-state index in [1.165, 1.54) is 13.8 Å². The predicted molar refractivity (Wildman–Crippen MR) is 86.3 cm³/mol. The van der Waals surface area contributed by atoms with Crippen LogP contribution >= 0.6 is 15.9 Å². The number of allylic oxidation sites excluding steroid dienone is 2. The first-order chi connectivity index (χ1) is 9.61. The lowest BCUT2D eigenvalue weighted by atomic mass is 9.87. The van der Waals surface area contributed by atoms with Crippen molar-refractivity contribution in [2.24, 2.45) is 0 Å². The summed E-state index contributed by atoms with van der Waals surface area (Å²) in [4.78, 5) is 16.0. The van der Waals surface area contributed by atoms with Gasteiger partial charge < -0.3 is 9.52 Å². The van der Waals surface area contributed by atoms with Crippen LogP contribution in [0, 0.1) is 0 Å². The summed E-state index contributed by atoms with van der Waals surface area (Å²) >= 11 is 3.48. The Labute approximate surface area is 132 Å². The van der Waals surface area contributed by atoms with Gasteiger partial charge in [0.2, 0.25) is 5.89 Å². The molecule has 0 radical (unpaired) electrons. The fraction of sp³-hybridized carbons (Fsp3) is 0.375. The van der Waals surface area contributed by atoms with Gasteiger partial charge in [-0.3, -0.25) is 4.79 Å². The zero-order chi connectivity index (χ0) is 15.9. The molecule has 1 N–H and O–H groups in total. The summed E-state index contributed by atoms with van der Waals surface area (Å²) in [6, 6.07) is 3.93. The number of carbonyl (C=O) groups excluding carboxylic acids is 1. The number of carbonyl (C=O) groups is 1. The molecular formula is C16H18BrNO3. The predicted octanol–water partition coefficient (Wildman–Crippen LogP) is 4.77. The van der Waals surface area contributed by atoms with Crippen LogP contribution in [0.4, 0.5) is 0 Å². The zero-order valence-electron chi connectivity index (χ0n) is 12.7. The largest absolute Gasteiger partial charge is 0.512 e. The van der Waals surface area contributed by atoms with Crippen LogP contribution in [0.3, 0.4) is 0 Å². The molecule has 5 heteroatoms. The van der Waals surface area contributed by atoms with Gasteiger partial charge in [-0.25, -0.2) is 4.98 Å². The number of nitrogens with zero attached hydrogens (tertiary/aromatic N) is 1. The van der Waals surface area contributed by atoms with E-state index >= 15 is 0 Å². The lowest BCUT2D eigenvalue weighted by Crippen LogP contribution is -2.10. The molecule has 1 aromatic heterocycles. The van der Waals surface area contributed by atoms with Crippen molar-refractivity contribution in [2.75, 3.05) is 0 Å². The summed E-state index contributed by atoms with van der Waals surface area (Å²) in [6.45, 7) is 9.15. The first-order valence-corrected chi connectivity index (χ1v) is 7.42. The maximum Gasteiger partial charge on any atom is 0.234 e. The number of Topliss-reactive ketones (excluding diaryl/α,β-unsaturated/α-hetero) is 1. The number of oxazole rings is 1. The molecule has 112 valence electrons. The number of ketones is 1. The quantitative estimate of drug-likeness (QED) is 0.625. The molecule has 21 heavy (non-hydrogen) atoms. The average Bonchev–Trinajstić information content (AvgIpc) is 2.70. The van der Waals surface area contributed by atoms with Crippen molar-refractivity contribution < 1.29 is 14.3 Å². The Morgan fingerprint density at radius 2 is 1.90 bits per heavy atom. The fourth-order valence-corrected chi connectivity index (χ4v) is 2.62. The van der Waals surface area contributed by atoms with E-state index in [2.05, 4.69) is 41.7 Å². The topological polar surface area (TPSA) is 63.3 Å². The van der Waals surface area contributed by atoms with E-state index in [-0.39, 0.29) is 28.4 Å². The monoisotopic (exact) mass is 351 g/mol. The van der Waals surface area contributed by atoms with Gasteiger partial charge in [0.25, 0.3) is 0 Å². The molecule has 2 aromatic rings. The highest BCUT2D eigenvalue weighted by Crippen LogP contribution is 2.33. The Bertz CT molecular complexity index is 747. The Morgan fingerprint density at radius 3 is 2.38 bits per heavy atom. The highest BCUT2D eigenvalue weighted by atomic mass is 79.9. The van der Waals surface area contributed by atoms with Crippen molar-refractivity contribution in [3.63, 3.8) is 0 Å². The van der Waals surface area contributed by atoms with Crippen molar-refractivity contribution in [1.29, 1.82) is 0 Å². The first kappa shape index (κ1) is 15.8. The smallest absolute Gasteiger partial charge is 0.234 e. The second-order valence-corrected chi connectivity index (χ2v) is 6.95. The van der Waals surface area contributed by atoms with E-state index in [9.17, 15) is 9.90 Å². The molecule has 0 atom stereocenters. The summed E-state index contributed by atoms with van der Waals surface area (Å²) in [7, 11) is 0. The van der Waals surface area contributed by atoms with E-state index in [0.29, 0.717) is 11.1 Å². The highest BCUT2D eigenvalue weighted by Gasteiger charge is 2.22. The molecule has 1 aromatic carbocycles. The van der Waals surface area contributed by atoms with Gasteiger partial charge in [-0.1, -0.05) is 20.8 Å². The van der Waals surface area contributed by atoms with Crippen LogP contribution in [-0.2, 0) is 10.2 Å². The molecule has 0 saturated heterocycles. The number of aliphatic hydroxyl groups excluding tert-OH is 1. The summed E-state index contributed by atoms with van der Waals surface area (Å²) in [5.41, 5.74) is 2.41. The van der Waals surface area contributed by atoms with Crippen molar-refractivity contribution in [2.45, 2.75) is 40.0 Å². The van der Waals surface area contributed by atoms with Gasteiger partial charge in [0, 0.05) is 0 Å². The van der Waals surface area contributed by atoms with E-state index in [0.717, 1.165) is 10.0 Å². The van der Waals surface area contributed by atoms with Gasteiger partial charge in [0.15, 0.2) is 11.4 Å². The number of halogens is 1. The summed E-state index contributed by atoms with van der Waals surface area (Å²) < 4.78 is 6.43. The van der Waals surface area contributed by atoms with Crippen LogP contribution in [0.2, 0.25) is 0 Å². The Hall–Kier alpha value is -1.62. The molecule has 2 rings (SSSR count). The van der Waals surface area contributed by atoms with Crippen LogP contribution in [0.1, 0.15) is 46.1 Å². The lowest BCUT2D eigenvalue weighted by Gasteiger charge is -2.18. The molecule has 0 spiro atoms. The third-order valence-corrected chi connectivity index (χ3v) is 3.83. The van der Waals surface area contributed by atoms with Crippen molar-refractivity contribution >= 4 is 38.4 Å². The minimum Gasteiger partial charge on any atom is -0.512 e. The Morgan fingerprint density at radius 1 is 1.29 bits per heavy atom. The lowest BCUT2D eigenvalue weighted by molar-refractivity contribution is -0.112. The second-order valence-electron chi connectivity index (χ2n) is 6.09. The maximum absolute atomic E-state index is 11.6. The third kappa shape index (κ3) is 3.02. The average molecular weight is 352 g/mol. The van der Waals surface area contributed by atoms with Crippen LogP contribution < -0.4 is 0 Å². The minimum atomic E-state index is -0.284. The first-order valence-electron chi connectivity index (χ1n) is 6.63. The van der Waals surface area contributed by atoms with Crippen molar-refractivity contribution in [3.8, 4) is 0 Å². The van der Waals surface area contributed by atoms with Gasteiger partial charge in [0.1, 0.15) is 16.8 Å². The molecule has 0 saturated carbocycles. The zero-order valence-corrected chi connectivity index (χ0v) is 14.3. The molecule has 0 bridgehead atoms. The van der Waals surface area contributed by atoms with Crippen LogP contribution in [0.25, 0.3) is 16.7 Å². The van der Waals surface area contributed by atoms with Crippen LogP contribution in [-0.4, -0.2) is 15.9 Å². The Balaban J connectivity index is 2.70. The summed E-state index contributed by atoms with van der Waals surface area (Å²) in [6.07, 6.45) is 0. The number of hydrogen-bond donors (Lipinski definition) is 1. The number of benzene rings is 1. The molecule has 1 heterocycles. The van der Waals surface area contributed by atoms with E-state index < -0.39 is 0 Å². The van der Waals surface area contributed by atoms with Gasteiger partial charge >= 0.3 is 0 Å². The van der Waals surface area contributed by atoms with Crippen LogP contribution in [0.5, 0.6) is 0 Å². The molecule has 0 unspecified atom stereocenters. The van der Waals surface area contributed by atoms with Gasteiger partial charge in [-0.2, -0.15) is 0 Å². The molecule has 0 aliphatic carbocycles. The summed E-state index contributed by atoms with van der Waals surface area (Å²) in [5, 5.41) is 9.66. The third-order valence-electron chi connectivity index (χ3n) is 3.24. The molecule has 0 amide bonds. The van der Waals surface area contributed by atoms with Gasteiger partial charge in [0.05, 0.1) is 4.47 Å². The fourth-order valence-electron chi connectivity index (χ4n) is 2.09. The number of aromatic nitrogens is 1. The normalized spacial score (nSPS) is 13.4.